The van der Waals surface area contributed by atoms with Gasteiger partial charge in [-0.3, -0.25) is 0 Å². The van der Waals surface area contributed by atoms with Crippen molar-refractivity contribution in [2.45, 2.75) is 31.3 Å². The summed E-state index contributed by atoms with van der Waals surface area (Å²) in [6, 6.07) is 10.3. The third-order valence-electron chi connectivity index (χ3n) is 3.73. The molecule has 4 heteroatoms. The SMILES string of the molecule is O=C(Oc1ccccc1)N1CCC2CCC(C1)N2. The van der Waals surface area contributed by atoms with Crippen molar-refractivity contribution in [3.8, 4) is 5.75 Å². The molecule has 18 heavy (non-hydrogen) atoms. The number of likely N-dealkylation sites (tertiary alicyclic amines) is 1. The zero-order chi connectivity index (χ0) is 12.4. The summed E-state index contributed by atoms with van der Waals surface area (Å²) in [6.07, 6.45) is 3.21. The van der Waals surface area contributed by atoms with Gasteiger partial charge in [-0.2, -0.15) is 0 Å². The van der Waals surface area contributed by atoms with Crippen LogP contribution in [0.25, 0.3) is 0 Å². The van der Waals surface area contributed by atoms with Crippen LogP contribution in [0.2, 0.25) is 0 Å². The number of hydrogen-bond donors (Lipinski definition) is 1. The van der Waals surface area contributed by atoms with Crippen LogP contribution in [0.4, 0.5) is 4.79 Å². The molecule has 2 heterocycles. The maximum absolute atomic E-state index is 12.1. The fraction of sp³-hybridized carbons (Fsp3) is 0.500. The molecule has 0 saturated carbocycles. The summed E-state index contributed by atoms with van der Waals surface area (Å²) in [4.78, 5) is 13.9. The molecule has 2 atom stereocenters. The topological polar surface area (TPSA) is 41.6 Å². The third kappa shape index (κ3) is 2.48. The maximum atomic E-state index is 12.1. The fourth-order valence-electron chi connectivity index (χ4n) is 2.76. The lowest BCUT2D eigenvalue weighted by Crippen LogP contribution is -2.40. The van der Waals surface area contributed by atoms with Gasteiger partial charge in [0.1, 0.15) is 5.75 Å². The summed E-state index contributed by atoms with van der Waals surface area (Å²) in [5.41, 5.74) is 0. The Morgan fingerprint density at radius 3 is 2.78 bits per heavy atom. The van der Waals surface area contributed by atoms with Gasteiger partial charge in [0.2, 0.25) is 0 Å². The van der Waals surface area contributed by atoms with Crippen molar-refractivity contribution in [2.24, 2.45) is 0 Å². The molecule has 0 aliphatic carbocycles. The quantitative estimate of drug-likeness (QED) is 0.824. The van der Waals surface area contributed by atoms with Gasteiger partial charge in [-0.25, -0.2) is 4.79 Å². The normalized spacial score (nSPS) is 26.8. The molecule has 2 aliphatic rings. The van der Waals surface area contributed by atoms with E-state index < -0.39 is 0 Å². The number of amides is 1. The highest BCUT2D eigenvalue weighted by Gasteiger charge is 2.31. The highest BCUT2D eigenvalue weighted by molar-refractivity contribution is 5.70. The number of fused-ring (bicyclic) bond motifs is 2. The molecule has 1 amide bonds. The lowest BCUT2D eigenvalue weighted by Gasteiger charge is -2.23. The molecule has 0 radical (unpaired) electrons. The van der Waals surface area contributed by atoms with E-state index in [1.165, 1.54) is 12.8 Å². The number of carbonyl (C=O) groups excluding carboxylic acids is 1. The second-order valence-corrected chi connectivity index (χ2v) is 5.05. The smallest absolute Gasteiger partial charge is 0.410 e. The minimum atomic E-state index is -0.226. The first-order chi connectivity index (χ1) is 8.81. The highest BCUT2D eigenvalue weighted by atomic mass is 16.6. The Hall–Kier alpha value is -1.55. The van der Waals surface area contributed by atoms with E-state index in [2.05, 4.69) is 5.32 Å². The van der Waals surface area contributed by atoms with Gasteiger partial charge in [-0.05, 0) is 31.4 Å². The summed E-state index contributed by atoms with van der Waals surface area (Å²) >= 11 is 0. The van der Waals surface area contributed by atoms with Crippen LogP contribution in [-0.2, 0) is 0 Å². The number of hydrogen-bond acceptors (Lipinski definition) is 3. The van der Waals surface area contributed by atoms with Crippen molar-refractivity contribution in [1.29, 1.82) is 0 Å². The molecule has 3 rings (SSSR count). The number of nitrogens with zero attached hydrogens (tertiary/aromatic N) is 1. The van der Waals surface area contributed by atoms with Gasteiger partial charge in [0.25, 0.3) is 0 Å². The van der Waals surface area contributed by atoms with E-state index in [-0.39, 0.29) is 6.09 Å². The van der Waals surface area contributed by atoms with E-state index in [0.717, 1.165) is 19.5 Å². The summed E-state index contributed by atoms with van der Waals surface area (Å²) in [7, 11) is 0. The number of ether oxygens (including phenoxy) is 1. The van der Waals surface area contributed by atoms with E-state index in [1.54, 1.807) is 12.1 Å². The van der Waals surface area contributed by atoms with Crippen LogP contribution in [-0.4, -0.2) is 36.2 Å². The predicted molar refractivity (Wildman–Crippen MR) is 68.6 cm³/mol. The molecule has 1 aromatic rings. The number of rotatable bonds is 1. The molecule has 2 fully saturated rings. The van der Waals surface area contributed by atoms with E-state index in [9.17, 15) is 4.79 Å². The number of para-hydroxylation sites is 1. The van der Waals surface area contributed by atoms with E-state index >= 15 is 0 Å². The zero-order valence-electron chi connectivity index (χ0n) is 10.3. The largest absolute Gasteiger partial charge is 0.415 e. The van der Waals surface area contributed by atoms with Crippen LogP contribution < -0.4 is 10.1 Å². The van der Waals surface area contributed by atoms with Gasteiger partial charge in [0.15, 0.2) is 0 Å². The Balaban J connectivity index is 1.62. The third-order valence-corrected chi connectivity index (χ3v) is 3.73. The van der Waals surface area contributed by atoms with E-state index in [4.69, 9.17) is 4.74 Å². The Morgan fingerprint density at radius 2 is 1.94 bits per heavy atom. The molecule has 96 valence electrons. The van der Waals surface area contributed by atoms with Crippen LogP contribution in [0.3, 0.4) is 0 Å². The molecular formula is C14H18N2O2. The van der Waals surface area contributed by atoms with E-state index in [0.29, 0.717) is 17.8 Å². The second-order valence-electron chi connectivity index (χ2n) is 5.05. The van der Waals surface area contributed by atoms with Crippen molar-refractivity contribution in [3.05, 3.63) is 30.3 Å². The van der Waals surface area contributed by atoms with Gasteiger partial charge >= 0.3 is 6.09 Å². The monoisotopic (exact) mass is 246 g/mol. The van der Waals surface area contributed by atoms with Crippen molar-refractivity contribution >= 4 is 6.09 Å². The fourth-order valence-corrected chi connectivity index (χ4v) is 2.76. The van der Waals surface area contributed by atoms with Crippen LogP contribution in [0.15, 0.2) is 30.3 Å². The highest BCUT2D eigenvalue weighted by Crippen LogP contribution is 2.21. The first-order valence-electron chi connectivity index (χ1n) is 6.59. The molecular weight excluding hydrogens is 228 g/mol. The summed E-state index contributed by atoms with van der Waals surface area (Å²) in [5, 5.41) is 3.55. The van der Waals surface area contributed by atoms with Gasteiger partial charge in [-0.1, -0.05) is 18.2 Å². The van der Waals surface area contributed by atoms with Crippen molar-refractivity contribution in [2.75, 3.05) is 13.1 Å². The summed E-state index contributed by atoms with van der Waals surface area (Å²) in [5.74, 6) is 0.616. The number of nitrogens with one attached hydrogen (secondary N) is 1. The van der Waals surface area contributed by atoms with Gasteiger partial charge < -0.3 is 15.0 Å². The Bertz CT molecular complexity index is 421. The molecule has 2 unspecified atom stereocenters. The average Bonchev–Trinajstić information content (AvgIpc) is 2.70. The lowest BCUT2D eigenvalue weighted by atomic mass is 10.1. The van der Waals surface area contributed by atoms with Crippen LogP contribution >= 0.6 is 0 Å². The maximum Gasteiger partial charge on any atom is 0.415 e. The zero-order valence-corrected chi connectivity index (χ0v) is 10.3. The summed E-state index contributed by atoms with van der Waals surface area (Å²) < 4.78 is 5.38. The van der Waals surface area contributed by atoms with Crippen LogP contribution in [0, 0.1) is 0 Å². The van der Waals surface area contributed by atoms with Crippen LogP contribution in [0.1, 0.15) is 19.3 Å². The molecule has 2 aliphatic heterocycles. The summed E-state index contributed by atoms with van der Waals surface area (Å²) in [6.45, 7) is 1.56. The minimum Gasteiger partial charge on any atom is -0.410 e. The van der Waals surface area contributed by atoms with E-state index in [1.807, 2.05) is 23.1 Å². The number of benzene rings is 1. The predicted octanol–water partition coefficient (Wildman–Crippen LogP) is 2.01. The minimum absolute atomic E-state index is 0.226. The molecule has 0 aromatic heterocycles. The molecule has 4 nitrogen and oxygen atoms in total. The van der Waals surface area contributed by atoms with Crippen molar-refractivity contribution < 1.29 is 9.53 Å². The van der Waals surface area contributed by atoms with Crippen molar-refractivity contribution in [1.82, 2.24) is 10.2 Å². The number of carbonyl (C=O) groups is 1. The molecule has 1 N–H and O–H groups in total. The molecule has 1 aromatic carbocycles. The first kappa shape index (κ1) is 11.5. The second kappa shape index (κ2) is 4.98. The standard InChI is InChI=1S/C14H18N2O2/c17-14(18-13-4-2-1-3-5-13)16-9-8-11-6-7-12(10-16)15-11/h1-5,11-12,15H,6-10H2. The first-order valence-corrected chi connectivity index (χ1v) is 6.59. The Labute approximate surface area is 107 Å². The molecule has 2 bridgehead atoms. The van der Waals surface area contributed by atoms with Gasteiger partial charge in [0.05, 0.1) is 0 Å². The molecule has 2 saturated heterocycles. The average molecular weight is 246 g/mol. The molecule has 0 spiro atoms. The lowest BCUT2D eigenvalue weighted by molar-refractivity contribution is 0.149. The van der Waals surface area contributed by atoms with Gasteiger partial charge in [-0.15, -0.1) is 0 Å². The Kier molecular flexibility index (Phi) is 3.19. The van der Waals surface area contributed by atoms with Crippen LogP contribution in [0.5, 0.6) is 5.75 Å². The van der Waals surface area contributed by atoms with Gasteiger partial charge in [0, 0.05) is 25.2 Å². The van der Waals surface area contributed by atoms with Crippen molar-refractivity contribution in [3.63, 3.8) is 0 Å². The Morgan fingerprint density at radius 1 is 1.17 bits per heavy atom.